The second-order valence-corrected chi connectivity index (χ2v) is 5.42. The summed E-state index contributed by atoms with van der Waals surface area (Å²) in [6, 6.07) is 0. The lowest BCUT2D eigenvalue weighted by molar-refractivity contribution is -0.151. The van der Waals surface area contributed by atoms with Crippen LogP contribution in [0.15, 0.2) is 36.7 Å². The number of ether oxygens (including phenoxy) is 1. The van der Waals surface area contributed by atoms with Crippen molar-refractivity contribution in [1.29, 1.82) is 0 Å². The van der Waals surface area contributed by atoms with Gasteiger partial charge in [-0.05, 0) is 20.8 Å². The van der Waals surface area contributed by atoms with E-state index in [0.717, 1.165) is 5.69 Å². The fourth-order valence-electron chi connectivity index (χ4n) is 1.62. The molecule has 20 heavy (non-hydrogen) atoms. The number of carbonyl (C=O) groups is 1. The van der Waals surface area contributed by atoms with Crippen LogP contribution in [0.25, 0.3) is 0 Å². The maximum atomic E-state index is 12.0. The fourth-order valence-corrected chi connectivity index (χ4v) is 1.62. The highest BCUT2D eigenvalue weighted by Gasteiger charge is 2.23. The Balaban J connectivity index is 2.22. The molecular formula is C13H17N4O3-. The van der Waals surface area contributed by atoms with E-state index in [4.69, 9.17) is 4.74 Å². The van der Waals surface area contributed by atoms with Crippen LogP contribution in [0.4, 0.5) is 5.69 Å². The summed E-state index contributed by atoms with van der Waals surface area (Å²) in [5, 5.41) is 16.2. The van der Waals surface area contributed by atoms with Crippen molar-refractivity contribution in [3.8, 4) is 0 Å². The normalized spacial score (nSPS) is 15.3. The standard InChI is InChI=1S/C13H17N4O3/c1-13(2,3)20-12(18)11-9-16(5-6-17(11)19)10-7-14-15(4)8-10/h5-9H,1-4H3/q-1. The number of esters is 1. The number of nitrogens with zero attached hydrogens (tertiary/aromatic N) is 4. The van der Waals surface area contributed by atoms with Crippen LogP contribution in [0.5, 0.6) is 0 Å². The first-order valence-corrected chi connectivity index (χ1v) is 6.13. The molecule has 0 bridgehead atoms. The van der Waals surface area contributed by atoms with Gasteiger partial charge in [-0.15, -0.1) is 0 Å². The van der Waals surface area contributed by atoms with Crippen molar-refractivity contribution < 1.29 is 9.53 Å². The zero-order valence-corrected chi connectivity index (χ0v) is 11.9. The minimum Gasteiger partial charge on any atom is -0.754 e. The molecule has 1 aliphatic heterocycles. The summed E-state index contributed by atoms with van der Waals surface area (Å²) in [5.74, 6) is -0.661. The molecule has 7 nitrogen and oxygen atoms in total. The van der Waals surface area contributed by atoms with Gasteiger partial charge in [0.15, 0.2) is 0 Å². The SMILES string of the molecule is Cn1cc(N2C=CN([O-])C(C(=O)OC(C)(C)C)=C2)cn1. The Kier molecular flexibility index (Phi) is 3.54. The topological polar surface area (TPSA) is 73.7 Å². The second kappa shape index (κ2) is 5.01. The van der Waals surface area contributed by atoms with Crippen LogP contribution in [-0.4, -0.2) is 26.4 Å². The Labute approximate surface area is 117 Å². The van der Waals surface area contributed by atoms with Gasteiger partial charge in [0, 0.05) is 31.8 Å². The smallest absolute Gasteiger partial charge is 0.356 e. The van der Waals surface area contributed by atoms with E-state index in [9.17, 15) is 10.0 Å². The molecule has 0 aliphatic carbocycles. The van der Waals surface area contributed by atoms with Gasteiger partial charge in [0.2, 0.25) is 0 Å². The zero-order chi connectivity index (χ0) is 14.9. The van der Waals surface area contributed by atoms with E-state index >= 15 is 0 Å². The van der Waals surface area contributed by atoms with Crippen LogP contribution >= 0.6 is 0 Å². The minimum atomic E-state index is -0.661. The number of carbonyl (C=O) groups excluding carboxylic acids is 1. The van der Waals surface area contributed by atoms with Gasteiger partial charge in [-0.2, -0.15) is 5.10 Å². The van der Waals surface area contributed by atoms with Gasteiger partial charge in [0.25, 0.3) is 0 Å². The fraction of sp³-hybridized carbons (Fsp3) is 0.385. The highest BCUT2D eigenvalue weighted by atomic mass is 16.6. The number of hydrogen-bond donors (Lipinski definition) is 0. The molecule has 0 amide bonds. The number of hydroxylamine groups is 2. The van der Waals surface area contributed by atoms with E-state index in [1.54, 1.807) is 56.0 Å². The van der Waals surface area contributed by atoms with E-state index in [1.165, 1.54) is 12.4 Å². The summed E-state index contributed by atoms with van der Waals surface area (Å²) in [7, 11) is 1.79. The van der Waals surface area contributed by atoms with Crippen LogP contribution in [0.3, 0.4) is 0 Å². The molecule has 0 radical (unpaired) electrons. The van der Waals surface area contributed by atoms with Gasteiger partial charge in [-0.3, -0.25) is 4.68 Å². The monoisotopic (exact) mass is 277 g/mol. The van der Waals surface area contributed by atoms with Gasteiger partial charge in [-0.25, -0.2) is 4.79 Å². The number of aryl methyl sites for hydroxylation is 1. The molecule has 2 heterocycles. The average Bonchev–Trinajstić information content (AvgIpc) is 2.74. The quantitative estimate of drug-likeness (QED) is 0.766. The van der Waals surface area contributed by atoms with E-state index < -0.39 is 11.6 Å². The maximum absolute atomic E-state index is 12.0. The van der Waals surface area contributed by atoms with Crippen molar-refractivity contribution in [2.24, 2.45) is 7.05 Å². The van der Waals surface area contributed by atoms with Gasteiger partial charge < -0.3 is 19.9 Å². The van der Waals surface area contributed by atoms with Gasteiger partial charge in [0.05, 0.1) is 11.9 Å². The van der Waals surface area contributed by atoms with Crippen molar-refractivity contribution in [1.82, 2.24) is 14.8 Å². The molecule has 0 saturated carbocycles. The Bertz CT molecular complexity index is 568. The first kappa shape index (κ1) is 14.1. The number of aromatic nitrogens is 2. The van der Waals surface area contributed by atoms with E-state index in [-0.39, 0.29) is 5.70 Å². The molecule has 1 aliphatic rings. The summed E-state index contributed by atoms with van der Waals surface area (Å²) in [5.41, 5.74) is 0.0168. The molecular weight excluding hydrogens is 260 g/mol. The predicted octanol–water partition coefficient (Wildman–Crippen LogP) is 1.69. The summed E-state index contributed by atoms with van der Waals surface area (Å²) in [6.45, 7) is 5.24. The van der Waals surface area contributed by atoms with Crippen LogP contribution in [0, 0.1) is 5.21 Å². The summed E-state index contributed by atoms with van der Waals surface area (Å²) in [4.78, 5) is 13.6. The van der Waals surface area contributed by atoms with Gasteiger partial charge in [-0.1, -0.05) is 0 Å². The molecule has 0 atom stereocenters. The van der Waals surface area contributed by atoms with Crippen molar-refractivity contribution in [2.45, 2.75) is 26.4 Å². The molecule has 0 fully saturated rings. The van der Waals surface area contributed by atoms with Crippen molar-refractivity contribution in [3.05, 3.63) is 41.9 Å². The van der Waals surface area contributed by atoms with E-state index in [1.807, 2.05) is 0 Å². The predicted molar refractivity (Wildman–Crippen MR) is 74.0 cm³/mol. The number of anilines is 1. The molecule has 7 heteroatoms. The third-order valence-corrected chi connectivity index (χ3v) is 2.46. The Morgan fingerprint density at radius 3 is 2.60 bits per heavy atom. The Hall–Kier alpha value is -2.28. The lowest BCUT2D eigenvalue weighted by Crippen LogP contribution is -2.31. The van der Waals surface area contributed by atoms with Crippen molar-refractivity contribution in [3.63, 3.8) is 0 Å². The largest absolute Gasteiger partial charge is 0.754 e. The molecule has 1 aromatic heterocycles. The molecule has 1 aromatic rings. The zero-order valence-electron chi connectivity index (χ0n) is 11.9. The molecule has 0 unspecified atom stereocenters. The lowest BCUT2D eigenvalue weighted by Gasteiger charge is -2.34. The van der Waals surface area contributed by atoms with Crippen LogP contribution in [0.1, 0.15) is 20.8 Å². The Morgan fingerprint density at radius 1 is 1.35 bits per heavy atom. The highest BCUT2D eigenvalue weighted by molar-refractivity contribution is 5.89. The Morgan fingerprint density at radius 2 is 2.05 bits per heavy atom. The number of hydrogen-bond acceptors (Lipinski definition) is 6. The first-order valence-electron chi connectivity index (χ1n) is 6.13. The summed E-state index contributed by atoms with van der Waals surface area (Å²) >= 11 is 0. The van der Waals surface area contributed by atoms with Gasteiger partial charge >= 0.3 is 5.97 Å². The maximum Gasteiger partial charge on any atom is 0.356 e. The molecule has 0 N–H and O–H groups in total. The second-order valence-electron chi connectivity index (χ2n) is 5.42. The molecule has 0 aromatic carbocycles. The molecule has 2 rings (SSSR count). The van der Waals surface area contributed by atoms with E-state index in [0.29, 0.717) is 5.06 Å². The summed E-state index contributed by atoms with van der Waals surface area (Å²) in [6.07, 6.45) is 7.64. The van der Waals surface area contributed by atoms with Crippen molar-refractivity contribution in [2.75, 3.05) is 4.90 Å². The van der Waals surface area contributed by atoms with Crippen LogP contribution < -0.4 is 4.90 Å². The van der Waals surface area contributed by atoms with Crippen LogP contribution in [-0.2, 0) is 16.6 Å². The average molecular weight is 277 g/mol. The third-order valence-electron chi connectivity index (χ3n) is 2.46. The minimum absolute atomic E-state index is 0.0775. The highest BCUT2D eigenvalue weighted by Crippen LogP contribution is 2.22. The first-order chi connectivity index (χ1) is 9.26. The van der Waals surface area contributed by atoms with E-state index in [2.05, 4.69) is 5.10 Å². The molecule has 0 saturated heterocycles. The van der Waals surface area contributed by atoms with Gasteiger partial charge in [0.1, 0.15) is 11.3 Å². The third kappa shape index (κ3) is 3.18. The summed E-state index contributed by atoms with van der Waals surface area (Å²) < 4.78 is 6.84. The van der Waals surface area contributed by atoms with Crippen LogP contribution in [0.2, 0.25) is 0 Å². The lowest BCUT2D eigenvalue weighted by atomic mass is 10.2. The molecule has 0 spiro atoms. The molecule has 108 valence electrons. The van der Waals surface area contributed by atoms with Crippen molar-refractivity contribution >= 4 is 11.7 Å². The number of rotatable bonds is 2.